The van der Waals surface area contributed by atoms with Crippen molar-refractivity contribution in [3.05, 3.63) is 28.8 Å². The Labute approximate surface area is 99.8 Å². The Bertz CT molecular complexity index is 531. The summed E-state index contributed by atoms with van der Waals surface area (Å²) >= 11 is 0.566. The molecule has 0 fully saturated rings. The third kappa shape index (κ3) is 4.42. The summed E-state index contributed by atoms with van der Waals surface area (Å²) in [6, 6.07) is 8.49. The van der Waals surface area contributed by atoms with Gasteiger partial charge in [-0.2, -0.15) is 0 Å². The standard InChI is InChI=1S/C8H7NSe.CH4O4S/c1-6-9-7-4-2-3-5-8(7)10-6;1-5-6(2,3)4/h2-5H,1H3;1H3,(H,2,3,4). The van der Waals surface area contributed by atoms with Crippen LogP contribution in [-0.4, -0.2) is 34.6 Å². The van der Waals surface area contributed by atoms with Gasteiger partial charge in [0.05, 0.1) is 7.11 Å². The zero-order valence-electron chi connectivity index (χ0n) is 8.76. The average Bonchev–Trinajstić information content (AvgIpc) is 2.57. The van der Waals surface area contributed by atoms with Gasteiger partial charge in [-0.15, -0.1) is 0 Å². The van der Waals surface area contributed by atoms with Gasteiger partial charge in [-0.05, 0) is 0 Å². The fraction of sp³-hybridized carbons (Fsp3) is 0.222. The van der Waals surface area contributed by atoms with Gasteiger partial charge in [-0.3, -0.25) is 4.18 Å². The number of fused-ring (bicyclic) bond motifs is 1. The molecule has 1 N–H and O–H groups in total. The molecule has 0 unspecified atom stereocenters. The van der Waals surface area contributed by atoms with E-state index >= 15 is 0 Å². The van der Waals surface area contributed by atoms with E-state index in [1.165, 1.54) is 14.3 Å². The van der Waals surface area contributed by atoms with Crippen molar-refractivity contribution in [3.8, 4) is 0 Å². The quantitative estimate of drug-likeness (QED) is 0.425. The summed E-state index contributed by atoms with van der Waals surface area (Å²) in [5.74, 6) is 0. The summed E-state index contributed by atoms with van der Waals surface area (Å²) in [4.78, 5) is 3.34. The number of benzene rings is 1. The number of rotatable bonds is 1. The van der Waals surface area contributed by atoms with Crippen LogP contribution < -0.4 is 4.98 Å². The molecule has 0 saturated heterocycles. The molecule has 88 valence electrons. The molecule has 0 amide bonds. The molecule has 0 radical (unpaired) electrons. The van der Waals surface area contributed by atoms with Gasteiger partial charge in [0.1, 0.15) is 0 Å². The molecule has 0 spiro atoms. The molecule has 0 atom stereocenters. The average molecular weight is 308 g/mol. The van der Waals surface area contributed by atoms with Crippen LogP contribution in [-0.2, 0) is 14.6 Å². The van der Waals surface area contributed by atoms with Gasteiger partial charge in [-0.1, -0.05) is 0 Å². The van der Waals surface area contributed by atoms with Crippen LogP contribution in [0.4, 0.5) is 0 Å². The van der Waals surface area contributed by atoms with E-state index in [0.29, 0.717) is 14.5 Å². The third-order valence-corrected chi connectivity index (χ3v) is 4.14. The molecular formula is C9H11NO4SSe. The fourth-order valence-electron chi connectivity index (χ4n) is 1.04. The van der Waals surface area contributed by atoms with Gasteiger partial charge in [-0.25, -0.2) is 8.42 Å². The number of aromatic nitrogens is 1. The number of nitrogens with one attached hydrogen (secondary N) is 1. The summed E-state index contributed by atoms with van der Waals surface area (Å²) in [5.41, 5.74) is 1.31. The van der Waals surface area contributed by atoms with E-state index in [4.69, 9.17) is 0 Å². The molecule has 1 aromatic carbocycles. The first-order valence-electron chi connectivity index (χ1n) is 4.31. The van der Waals surface area contributed by atoms with Gasteiger partial charge in [0.15, 0.2) is 0 Å². The Kier molecular flexibility index (Phi) is 4.64. The van der Waals surface area contributed by atoms with Crippen LogP contribution >= 0.6 is 0 Å². The first-order valence-corrected chi connectivity index (χ1v) is 7.36. The van der Waals surface area contributed by atoms with E-state index in [1.807, 2.05) is 0 Å². The summed E-state index contributed by atoms with van der Waals surface area (Å²) in [7, 11) is -3.60. The predicted octanol–water partition coefficient (Wildman–Crippen LogP) is 0.112. The van der Waals surface area contributed by atoms with Crippen molar-refractivity contribution >= 4 is 34.7 Å². The van der Waals surface area contributed by atoms with Crippen LogP contribution in [0.3, 0.4) is 0 Å². The minimum absolute atomic E-state index is 0.566. The molecular weight excluding hydrogens is 297 g/mol. The number of aromatic amines is 1. The first-order chi connectivity index (χ1) is 7.42. The second kappa shape index (κ2) is 5.56. The van der Waals surface area contributed by atoms with E-state index in [0.717, 1.165) is 7.11 Å². The van der Waals surface area contributed by atoms with Gasteiger partial charge < -0.3 is 4.55 Å². The van der Waals surface area contributed by atoms with Crippen LogP contribution in [0.1, 0.15) is 4.57 Å². The van der Waals surface area contributed by atoms with Crippen LogP contribution in [0.2, 0.25) is 0 Å². The second-order valence-corrected chi connectivity index (χ2v) is 6.64. The normalized spacial score (nSPS) is 10.9. The minimum atomic E-state index is -4.41. The van der Waals surface area contributed by atoms with Crippen LogP contribution in [0.25, 0.3) is 9.78 Å². The fourth-order valence-corrected chi connectivity index (χ4v) is 2.86. The Balaban J connectivity index is 0.000000187. The molecule has 2 aromatic rings. The van der Waals surface area contributed by atoms with Crippen molar-refractivity contribution in [1.29, 1.82) is 0 Å². The molecule has 5 nitrogen and oxygen atoms in total. The Morgan fingerprint density at radius 3 is 2.44 bits per heavy atom. The molecule has 0 bridgehead atoms. The number of para-hydroxylation sites is 1. The zero-order chi connectivity index (χ0) is 12.2. The monoisotopic (exact) mass is 309 g/mol. The zero-order valence-corrected chi connectivity index (χ0v) is 11.3. The summed E-state index contributed by atoms with van der Waals surface area (Å²) < 4.78 is 33.9. The van der Waals surface area contributed by atoms with Crippen molar-refractivity contribution in [2.45, 2.75) is 6.92 Å². The van der Waals surface area contributed by atoms with Crippen molar-refractivity contribution in [2.24, 2.45) is 0 Å². The van der Waals surface area contributed by atoms with E-state index < -0.39 is 10.4 Å². The number of hydrogen-bond acceptors (Lipinski definition) is 4. The molecule has 0 aliphatic rings. The van der Waals surface area contributed by atoms with E-state index in [9.17, 15) is 13.0 Å². The molecule has 16 heavy (non-hydrogen) atoms. The molecule has 1 heterocycles. The number of H-pyrrole nitrogens is 1. The third-order valence-electron chi connectivity index (χ3n) is 1.66. The SMILES string of the molecule is COS(=O)(=O)[O-].Cc1[nH+]c2ccccc2[se]1. The Morgan fingerprint density at radius 2 is 1.94 bits per heavy atom. The van der Waals surface area contributed by atoms with Gasteiger partial charge >= 0.3 is 65.0 Å². The van der Waals surface area contributed by atoms with Gasteiger partial charge in [0, 0.05) is 0 Å². The second-order valence-electron chi connectivity index (χ2n) is 2.85. The maximum absolute atomic E-state index is 9.22. The molecule has 2 rings (SSSR count). The van der Waals surface area contributed by atoms with Crippen LogP contribution in [0, 0.1) is 6.92 Å². The molecule has 0 aliphatic carbocycles. The van der Waals surface area contributed by atoms with Crippen LogP contribution in [0.15, 0.2) is 24.3 Å². The van der Waals surface area contributed by atoms with E-state index in [1.54, 1.807) is 0 Å². The summed E-state index contributed by atoms with van der Waals surface area (Å²) in [5, 5.41) is 0. The van der Waals surface area contributed by atoms with Crippen molar-refractivity contribution < 1.29 is 22.1 Å². The molecule has 7 heteroatoms. The number of aryl methyl sites for hydroxylation is 1. The van der Waals surface area contributed by atoms with Gasteiger partial charge in [0.25, 0.3) is 0 Å². The number of hydrogen-bond donors (Lipinski definition) is 0. The maximum atomic E-state index is 9.22. The Morgan fingerprint density at radius 1 is 1.38 bits per heavy atom. The van der Waals surface area contributed by atoms with Crippen molar-refractivity contribution in [1.82, 2.24) is 0 Å². The molecule has 0 saturated carbocycles. The Hall–Kier alpha value is -0.721. The predicted molar refractivity (Wildman–Crippen MR) is 58.9 cm³/mol. The topological polar surface area (TPSA) is 80.6 Å². The van der Waals surface area contributed by atoms with Crippen molar-refractivity contribution in [2.75, 3.05) is 7.11 Å². The summed E-state index contributed by atoms with van der Waals surface area (Å²) in [6.45, 7) is 2.15. The first kappa shape index (κ1) is 13.3. The van der Waals surface area contributed by atoms with Crippen molar-refractivity contribution in [3.63, 3.8) is 0 Å². The van der Waals surface area contributed by atoms with Gasteiger partial charge in [0.2, 0.25) is 10.4 Å². The van der Waals surface area contributed by atoms with E-state index in [2.05, 4.69) is 40.4 Å². The van der Waals surface area contributed by atoms with Crippen LogP contribution in [0.5, 0.6) is 0 Å². The molecule has 1 aromatic heterocycles. The molecule has 0 aliphatic heterocycles. The summed E-state index contributed by atoms with van der Waals surface area (Å²) in [6.07, 6.45) is 0. The van der Waals surface area contributed by atoms with E-state index in [-0.39, 0.29) is 0 Å².